The van der Waals surface area contributed by atoms with Gasteiger partial charge in [-0.05, 0) is 184 Å². The van der Waals surface area contributed by atoms with Gasteiger partial charge >= 0.3 is 18.2 Å². The minimum Gasteiger partial charge on any atom is -0.481 e. The number of hydrogen-bond donors (Lipinski definition) is 2. The Labute approximate surface area is 708 Å². The van der Waals surface area contributed by atoms with E-state index in [1.807, 2.05) is 71.9 Å². The molecule has 29 nitrogen and oxygen atoms in total. The molecular weight excluding hydrogens is 1540 g/mol. The molecule has 0 aromatic carbocycles. The number of methoxy groups -OCH3 is 4. The van der Waals surface area contributed by atoms with Gasteiger partial charge in [0, 0.05) is 125 Å². The number of nitrogens with one attached hydrogen (secondary N) is 1. The number of halogens is 2. The third-order valence-corrected chi connectivity index (χ3v) is 18.8. The molecule has 0 bridgehead atoms. The lowest BCUT2D eigenvalue weighted by atomic mass is 9.75. The van der Waals surface area contributed by atoms with Gasteiger partial charge in [-0.1, -0.05) is 61.4 Å². The zero-order chi connectivity index (χ0) is 81.2. The van der Waals surface area contributed by atoms with Crippen molar-refractivity contribution in [3.63, 3.8) is 0 Å². The molecule has 0 atom stereocenters. The third-order valence-electron chi connectivity index (χ3n) is 18.5. The first-order chi connectivity index (χ1) is 53.8. The molecule has 4 saturated heterocycles. The van der Waals surface area contributed by atoms with E-state index in [0.717, 1.165) is 67.4 Å². The lowest BCUT2D eigenvalue weighted by Gasteiger charge is -2.37. The fraction of sp³-hybridized carbons (Fsp3) is 0.471. The Morgan fingerprint density at radius 2 is 0.822 bits per heavy atom. The highest BCUT2D eigenvalue weighted by atomic mass is 35.5. The maximum Gasteiger partial charge on any atom is 0.410 e. The Bertz CT molecular complexity index is 4430. The number of ether oxygens (including phenoxy) is 6. The highest BCUT2D eigenvalue weighted by Gasteiger charge is 2.40. The number of rotatable bonds is 15. The number of alkyl halides is 1. The number of nitrogens with zero attached hydrogens (tertiary/aromatic N) is 17. The number of carboxylic acid groups (broad SMARTS) is 1. The van der Waals surface area contributed by atoms with E-state index in [1.54, 1.807) is 135 Å². The van der Waals surface area contributed by atoms with Gasteiger partial charge in [-0.3, -0.25) is 14.8 Å². The fourth-order valence-electron chi connectivity index (χ4n) is 12.3. The number of aromatic carboxylic acids is 1. The summed E-state index contributed by atoms with van der Waals surface area (Å²) in [6, 6.07) is 34.6. The van der Waals surface area contributed by atoms with Crippen molar-refractivity contribution in [1.29, 1.82) is 21.0 Å². The van der Waals surface area contributed by atoms with Gasteiger partial charge in [-0.15, -0.1) is 24.0 Å². The van der Waals surface area contributed by atoms with Gasteiger partial charge in [0.05, 0.1) is 91.5 Å². The van der Waals surface area contributed by atoms with Crippen LogP contribution in [0.25, 0.3) is 22.8 Å². The summed E-state index contributed by atoms with van der Waals surface area (Å²) in [4.78, 5) is 93.9. The number of likely N-dealkylation sites (tertiary alicyclic amines) is 3. The van der Waals surface area contributed by atoms with Gasteiger partial charge in [0.25, 0.3) is 5.91 Å². The predicted octanol–water partition coefficient (Wildman–Crippen LogP) is 16.5. The van der Waals surface area contributed by atoms with E-state index in [-0.39, 0.29) is 84.5 Å². The standard InChI is InChI=1S/C23H22N6O2.C18H25N3O3.C13H17N3O.C11H18N2O2.C10H7N3O2.C7H8ClNO.5CH4.ClH/c1-31-20-5-4-17(14-27-20)13-23(15-24)7-11-29(12-8-23)22(30)18-3-2-9-26-21(18)19-6-10-25-16-28-19;1-17(2,3)24-16(22)21-9-7-18(13-19,8-10-21)11-14-5-6-15(23-4)20-12-14;1-17-12-3-2-11(9-16-12)8-13(10-14)4-6-15-7-5-13;1-11(2,3)15-10(14)13-6-4-9(8-12)5-7-13;14-10(15)7-2-1-4-12-9(7)8-3-5-11-6-13-8;1-10-7-3-2-6(4-8)5-9-7;;;;;;/h2-6,9-10,14,16H,7-8,11-13H2,1H3;5-6,12H,7-11H2,1-4H3;2-3,9,15H,4-8H2,1H3;9H,4-7H2,1-3H3;1-6H,(H,14,15);2-3,5H,4H2,1H3;5*1H4;1H. The molecule has 0 unspecified atom stereocenters. The first-order valence-corrected chi connectivity index (χ1v) is 37.1. The van der Waals surface area contributed by atoms with Gasteiger partial charge in [-0.25, -0.2) is 54.3 Å². The number of aromatic nitrogens is 10. The Balaban J connectivity index is 0.000000725. The summed E-state index contributed by atoms with van der Waals surface area (Å²) >= 11 is 5.54. The molecule has 0 radical (unpaired) electrons. The van der Waals surface area contributed by atoms with Gasteiger partial charge < -0.3 is 53.5 Å². The van der Waals surface area contributed by atoms with Crippen LogP contribution in [0.15, 0.2) is 147 Å². The summed E-state index contributed by atoms with van der Waals surface area (Å²) in [5, 5.41) is 49.9. The maximum absolute atomic E-state index is 13.3. The zero-order valence-corrected chi connectivity index (χ0v) is 67.1. The second-order valence-electron chi connectivity index (χ2n) is 28.8. The SMILES string of the molecule is C.C.C.C.C.CC(C)(C)OC(=O)N1CCC(C#N)CC1.COc1ccc(CC2(C#N)CCN(C(=O)OC(C)(C)C)CC2)cn1.COc1ccc(CC2(C#N)CCN(C(=O)c3cccnc3-c3ccncn3)CC2)cn1.COc1ccc(CC2(C#N)CCNCC2)cn1.COc1ccc(CCl)cn1.Cl.O=C(O)c1cccnc1-c1ccncn1. The molecule has 4 fully saturated rings. The number of pyridine rings is 6. The van der Waals surface area contributed by atoms with Crippen molar-refractivity contribution in [1.82, 2.24) is 69.9 Å². The van der Waals surface area contributed by atoms with Gasteiger partial charge in [0.15, 0.2) is 0 Å². The molecule has 4 aliphatic rings. The second kappa shape index (κ2) is 51.3. The summed E-state index contributed by atoms with van der Waals surface area (Å²) in [7, 11) is 6.34. The molecule has 8 aromatic heterocycles. The Hall–Kier alpha value is -11.8. The molecule has 636 valence electrons. The lowest BCUT2D eigenvalue weighted by molar-refractivity contribution is 0.0146. The van der Waals surface area contributed by atoms with E-state index in [1.165, 1.54) is 24.9 Å². The fourth-order valence-corrected chi connectivity index (χ4v) is 12.4. The molecule has 8 aromatic rings. The average molecular weight is 1660 g/mol. The molecule has 0 aliphatic carbocycles. The molecule has 12 heterocycles. The number of amides is 3. The van der Waals surface area contributed by atoms with E-state index in [0.29, 0.717) is 136 Å². The van der Waals surface area contributed by atoms with Gasteiger partial charge in [-0.2, -0.15) is 21.0 Å². The van der Waals surface area contributed by atoms with Crippen LogP contribution in [0.3, 0.4) is 0 Å². The van der Waals surface area contributed by atoms with Crippen LogP contribution in [0.1, 0.15) is 173 Å². The second-order valence-corrected chi connectivity index (χ2v) is 29.1. The van der Waals surface area contributed by atoms with E-state index in [4.69, 9.17) is 50.4 Å². The summed E-state index contributed by atoms with van der Waals surface area (Å²) in [5.74, 6) is 1.83. The van der Waals surface area contributed by atoms with Crippen LogP contribution >= 0.6 is 24.0 Å². The van der Waals surface area contributed by atoms with Crippen LogP contribution in [0, 0.1) is 67.5 Å². The van der Waals surface area contributed by atoms with Crippen molar-refractivity contribution < 1.29 is 52.7 Å². The molecule has 4 aliphatic heterocycles. The van der Waals surface area contributed by atoms with Crippen molar-refractivity contribution in [3.8, 4) is 70.6 Å². The van der Waals surface area contributed by atoms with Crippen LogP contribution in [-0.4, -0.2) is 186 Å². The monoisotopic (exact) mass is 1660 g/mol. The van der Waals surface area contributed by atoms with Crippen molar-refractivity contribution in [2.24, 2.45) is 22.2 Å². The number of carbonyl (C=O) groups excluding carboxylic acids is 3. The minimum absolute atomic E-state index is 0. The average Bonchev–Trinajstić information content (AvgIpc) is 0.794. The zero-order valence-electron chi connectivity index (χ0n) is 65.5. The smallest absolute Gasteiger partial charge is 0.410 e. The summed E-state index contributed by atoms with van der Waals surface area (Å²) < 4.78 is 30.7. The molecular formula is C87H118Cl2N18O11. The summed E-state index contributed by atoms with van der Waals surface area (Å²) in [6.45, 7) is 16.3. The number of hydrogen-bond acceptors (Lipinski definition) is 25. The van der Waals surface area contributed by atoms with E-state index in [2.05, 4.69) is 79.4 Å². The van der Waals surface area contributed by atoms with Crippen LogP contribution in [0.5, 0.6) is 23.5 Å². The molecule has 0 saturated carbocycles. The van der Waals surface area contributed by atoms with Crippen LogP contribution in [0.4, 0.5) is 9.59 Å². The highest BCUT2D eigenvalue weighted by Crippen LogP contribution is 2.38. The van der Waals surface area contributed by atoms with Crippen molar-refractivity contribution in [2.75, 3.05) is 80.8 Å². The van der Waals surface area contributed by atoms with Crippen LogP contribution in [-0.2, 0) is 34.6 Å². The molecule has 0 spiro atoms. The van der Waals surface area contributed by atoms with Crippen LogP contribution in [0.2, 0.25) is 0 Å². The third kappa shape index (κ3) is 32.7. The van der Waals surface area contributed by atoms with Crippen molar-refractivity contribution in [2.45, 2.75) is 166 Å². The molecule has 3 amide bonds. The number of piperidine rings is 4. The van der Waals surface area contributed by atoms with Crippen LogP contribution < -0.4 is 24.3 Å². The first kappa shape index (κ1) is 104. The Kier molecular flexibility index (Phi) is 45.4. The Morgan fingerprint density at radius 1 is 0.475 bits per heavy atom. The first-order valence-electron chi connectivity index (χ1n) is 36.5. The maximum atomic E-state index is 13.3. The number of carbonyl (C=O) groups is 4. The molecule has 118 heavy (non-hydrogen) atoms. The van der Waals surface area contributed by atoms with Crippen molar-refractivity contribution in [3.05, 3.63) is 181 Å². The summed E-state index contributed by atoms with van der Waals surface area (Å²) in [6.07, 6.45) is 23.4. The summed E-state index contributed by atoms with van der Waals surface area (Å²) in [5.41, 5.74) is 4.59. The highest BCUT2D eigenvalue weighted by molar-refractivity contribution is 6.17. The lowest BCUT2D eigenvalue weighted by Crippen LogP contribution is -2.45. The van der Waals surface area contributed by atoms with E-state index >= 15 is 0 Å². The molecule has 2 N–H and O–H groups in total. The van der Waals surface area contributed by atoms with Gasteiger partial charge in [0.1, 0.15) is 35.2 Å². The van der Waals surface area contributed by atoms with Gasteiger partial charge in [0.2, 0.25) is 23.5 Å². The van der Waals surface area contributed by atoms with Crippen molar-refractivity contribution >= 4 is 48.1 Å². The van der Waals surface area contributed by atoms with E-state index in [9.17, 15) is 35.0 Å². The Morgan fingerprint density at radius 3 is 1.14 bits per heavy atom. The quantitative estimate of drug-likeness (QED) is 0.0900. The normalized spacial score (nSPS) is 14.5. The topological polar surface area (TPSA) is 390 Å². The predicted molar refractivity (Wildman–Crippen MR) is 457 cm³/mol. The minimum atomic E-state index is -1.02. The largest absolute Gasteiger partial charge is 0.481 e. The number of nitriles is 4. The molecule has 31 heteroatoms. The van der Waals surface area contributed by atoms with E-state index < -0.39 is 28.0 Å². The number of carboxylic acids is 1. The molecule has 12 rings (SSSR count).